The highest BCUT2D eigenvalue weighted by molar-refractivity contribution is 5.50. The molecule has 0 saturated carbocycles. The molecular weight excluding hydrogens is 252 g/mol. The minimum atomic E-state index is -0.657. The van der Waals surface area contributed by atoms with Gasteiger partial charge in [0.1, 0.15) is 0 Å². The first-order chi connectivity index (χ1) is 9.15. The first kappa shape index (κ1) is 14.0. The zero-order valence-electron chi connectivity index (χ0n) is 11.2. The molecule has 0 bridgehead atoms. The van der Waals surface area contributed by atoms with E-state index in [1.807, 2.05) is 11.8 Å². The lowest BCUT2D eigenvalue weighted by molar-refractivity contribution is 0.161. The highest BCUT2D eigenvalue weighted by Crippen LogP contribution is 2.27. The van der Waals surface area contributed by atoms with Gasteiger partial charge in [0.25, 0.3) is 0 Å². The first-order valence-electron chi connectivity index (χ1n) is 6.49. The van der Waals surface area contributed by atoms with Crippen LogP contribution in [-0.4, -0.2) is 38.3 Å². The van der Waals surface area contributed by atoms with Gasteiger partial charge in [0, 0.05) is 38.7 Å². The summed E-state index contributed by atoms with van der Waals surface area (Å²) in [7, 11) is 1.66. The minimum Gasteiger partial charge on any atom is -0.384 e. The smallest absolute Gasteiger partial charge is 0.168 e. The molecule has 0 radical (unpaired) electrons. The second kappa shape index (κ2) is 6.14. The molecule has 1 saturated heterocycles. The molecule has 1 aromatic rings. The highest BCUT2D eigenvalue weighted by Gasteiger charge is 2.26. The van der Waals surface area contributed by atoms with Crippen LogP contribution < -0.4 is 10.2 Å². The van der Waals surface area contributed by atoms with Crippen molar-refractivity contribution >= 4 is 11.6 Å². The van der Waals surface area contributed by atoms with Crippen molar-refractivity contribution < 1.29 is 13.5 Å². The molecule has 0 spiro atoms. The molecule has 6 heteroatoms. The van der Waals surface area contributed by atoms with Gasteiger partial charge < -0.3 is 15.0 Å². The SMILES string of the molecule is CCNc1nc(N2CCC(COC)C2)c(F)cc1F. The summed E-state index contributed by atoms with van der Waals surface area (Å²) in [5, 5.41) is 2.80. The lowest BCUT2D eigenvalue weighted by Crippen LogP contribution is -2.24. The lowest BCUT2D eigenvalue weighted by atomic mass is 10.1. The van der Waals surface area contributed by atoms with Crippen molar-refractivity contribution in [1.29, 1.82) is 0 Å². The number of ether oxygens (including phenoxy) is 1. The number of hydrogen-bond donors (Lipinski definition) is 1. The summed E-state index contributed by atoms with van der Waals surface area (Å²) in [6.45, 7) is 4.44. The molecular formula is C13H19F2N3O. The zero-order valence-corrected chi connectivity index (χ0v) is 11.2. The summed E-state index contributed by atoms with van der Waals surface area (Å²) in [6, 6.07) is 0.893. The van der Waals surface area contributed by atoms with E-state index in [1.54, 1.807) is 7.11 Å². The van der Waals surface area contributed by atoms with Crippen molar-refractivity contribution in [1.82, 2.24) is 4.98 Å². The maximum atomic E-state index is 13.8. The summed E-state index contributed by atoms with van der Waals surface area (Å²) in [4.78, 5) is 5.91. The largest absolute Gasteiger partial charge is 0.384 e. The monoisotopic (exact) mass is 271 g/mol. The Balaban J connectivity index is 2.18. The predicted molar refractivity (Wildman–Crippen MR) is 70.5 cm³/mol. The van der Waals surface area contributed by atoms with Gasteiger partial charge in [-0.2, -0.15) is 0 Å². The molecule has 1 aromatic heterocycles. The molecule has 0 aliphatic carbocycles. The van der Waals surface area contributed by atoms with Gasteiger partial charge in [-0.15, -0.1) is 0 Å². The summed E-state index contributed by atoms with van der Waals surface area (Å²) in [6.07, 6.45) is 0.933. The molecule has 1 atom stereocenters. The summed E-state index contributed by atoms with van der Waals surface area (Å²) < 4.78 is 32.4. The number of nitrogens with zero attached hydrogens (tertiary/aromatic N) is 2. The van der Waals surface area contributed by atoms with Crippen LogP contribution >= 0.6 is 0 Å². The average Bonchev–Trinajstić information content (AvgIpc) is 2.82. The third-order valence-electron chi connectivity index (χ3n) is 3.24. The van der Waals surface area contributed by atoms with E-state index < -0.39 is 11.6 Å². The third kappa shape index (κ3) is 3.12. The molecule has 2 rings (SSSR count). The van der Waals surface area contributed by atoms with Crippen molar-refractivity contribution in [2.45, 2.75) is 13.3 Å². The number of nitrogens with one attached hydrogen (secondary N) is 1. The van der Waals surface area contributed by atoms with Gasteiger partial charge >= 0.3 is 0 Å². The molecule has 1 N–H and O–H groups in total. The Hall–Kier alpha value is -1.43. The fourth-order valence-corrected chi connectivity index (χ4v) is 2.37. The molecule has 0 aromatic carbocycles. The Bertz CT molecular complexity index is 442. The van der Waals surface area contributed by atoms with Crippen LogP contribution in [-0.2, 0) is 4.74 Å². The van der Waals surface area contributed by atoms with Gasteiger partial charge in [0.05, 0.1) is 6.61 Å². The van der Waals surface area contributed by atoms with Gasteiger partial charge in [-0.25, -0.2) is 13.8 Å². The molecule has 1 fully saturated rings. The zero-order chi connectivity index (χ0) is 13.8. The number of pyridine rings is 1. The van der Waals surface area contributed by atoms with E-state index in [4.69, 9.17) is 4.74 Å². The van der Waals surface area contributed by atoms with E-state index >= 15 is 0 Å². The fourth-order valence-electron chi connectivity index (χ4n) is 2.37. The quantitative estimate of drug-likeness (QED) is 0.891. The lowest BCUT2D eigenvalue weighted by Gasteiger charge is -2.19. The Morgan fingerprint density at radius 1 is 1.47 bits per heavy atom. The number of rotatable bonds is 5. The maximum Gasteiger partial charge on any atom is 0.168 e. The number of aromatic nitrogens is 1. The van der Waals surface area contributed by atoms with Gasteiger partial charge in [-0.05, 0) is 13.3 Å². The standard InChI is InChI=1S/C13H19F2N3O/c1-3-16-12-10(14)6-11(15)13(17-12)18-5-4-9(7-18)8-19-2/h6,9H,3-5,7-8H2,1-2H3,(H,16,17). The van der Waals surface area contributed by atoms with Crippen LogP contribution in [0.2, 0.25) is 0 Å². The Morgan fingerprint density at radius 2 is 2.26 bits per heavy atom. The molecule has 0 amide bonds. The van der Waals surface area contributed by atoms with Gasteiger partial charge in [0.15, 0.2) is 23.3 Å². The van der Waals surface area contributed by atoms with Gasteiger partial charge in [0.2, 0.25) is 0 Å². The van der Waals surface area contributed by atoms with Crippen molar-refractivity contribution in [2.24, 2.45) is 5.92 Å². The molecule has 2 heterocycles. The van der Waals surface area contributed by atoms with E-state index in [1.165, 1.54) is 0 Å². The highest BCUT2D eigenvalue weighted by atomic mass is 19.1. The Labute approximate surface area is 111 Å². The van der Waals surface area contributed by atoms with Crippen molar-refractivity contribution in [2.75, 3.05) is 43.6 Å². The molecule has 1 aliphatic heterocycles. The number of halogens is 2. The molecule has 19 heavy (non-hydrogen) atoms. The summed E-state index contributed by atoms with van der Waals surface area (Å²) >= 11 is 0. The summed E-state index contributed by atoms with van der Waals surface area (Å²) in [5.41, 5.74) is 0. The second-order valence-electron chi connectivity index (χ2n) is 4.71. The van der Waals surface area contributed by atoms with E-state index in [0.29, 0.717) is 25.6 Å². The molecule has 106 valence electrons. The van der Waals surface area contributed by atoms with E-state index in [0.717, 1.165) is 19.0 Å². The van der Waals surface area contributed by atoms with E-state index in [2.05, 4.69) is 10.3 Å². The molecule has 1 aliphatic rings. The fraction of sp³-hybridized carbons (Fsp3) is 0.615. The van der Waals surface area contributed by atoms with Crippen LogP contribution in [0.15, 0.2) is 6.07 Å². The number of anilines is 2. The Kier molecular flexibility index (Phi) is 4.52. The predicted octanol–water partition coefficient (Wildman–Crippen LogP) is 2.26. The molecule has 4 nitrogen and oxygen atoms in total. The first-order valence-corrected chi connectivity index (χ1v) is 6.49. The van der Waals surface area contributed by atoms with Gasteiger partial charge in [-0.1, -0.05) is 0 Å². The van der Waals surface area contributed by atoms with Crippen LogP contribution in [0.3, 0.4) is 0 Å². The maximum absolute atomic E-state index is 13.8. The van der Waals surface area contributed by atoms with Crippen LogP contribution in [0, 0.1) is 17.6 Å². The van der Waals surface area contributed by atoms with Crippen LogP contribution in [0.1, 0.15) is 13.3 Å². The van der Waals surface area contributed by atoms with E-state index in [-0.39, 0.29) is 11.6 Å². The van der Waals surface area contributed by atoms with Crippen LogP contribution in [0.5, 0.6) is 0 Å². The second-order valence-corrected chi connectivity index (χ2v) is 4.71. The van der Waals surface area contributed by atoms with Crippen LogP contribution in [0.4, 0.5) is 20.4 Å². The summed E-state index contributed by atoms with van der Waals surface area (Å²) in [5.74, 6) is -0.572. The normalized spacial score (nSPS) is 18.9. The topological polar surface area (TPSA) is 37.4 Å². The van der Waals surface area contributed by atoms with Gasteiger partial charge in [-0.3, -0.25) is 0 Å². The number of hydrogen-bond acceptors (Lipinski definition) is 4. The van der Waals surface area contributed by atoms with Crippen molar-refractivity contribution in [3.05, 3.63) is 17.7 Å². The minimum absolute atomic E-state index is 0.106. The Morgan fingerprint density at radius 3 is 2.95 bits per heavy atom. The van der Waals surface area contributed by atoms with Crippen LogP contribution in [0.25, 0.3) is 0 Å². The average molecular weight is 271 g/mol. The molecule has 1 unspecified atom stereocenters. The van der Waals surface area contributed by atoms with Crippen molar-refractivity contribution in [3.63, 3.8) is 0 Å². The third-order valence-corrected chi connectivity index (χ3v) is 3.24. The van der Waals surface area contributed by atoms with E-state index in [9.17, 15) is 8.78 Å². The van der Waals surface area contributed by atoms with Crippen molar-refractivity contribution in [3.8, 4) is 0 Å². The number of methoxy groups -OCH3 is 1.